The van der Waals surface area contributed by atoms with Crippen molar-refractivity contribution in [2.24, 2.45) is 0 Å². The summed E-state index contributed by atoms with van der Waals surface area (Å²) >= 11 is 0. The van der Waals surface area contributed by atoms with Crippen molar-refractivity contribution >= 4 is 5.69 Å². The van der Waals surface area contributed by atoms with E-state index in [1.165, 1.54) is 0 Å². The summed E-state index contributed by atoms with van der Waals surface area (Å²) < 4.78 is 0. The molecule has 16 heavy (non-hydrogen) atoms. The summed E-state index contributed by atoms with van der Waals surface area (Å²) in [5, 5.41) is 9.46. The molecule has 3 N–H and O–H groups in total. The largest absolute Gasteiger partial charge is 0.398 e. The van der Waals surface area contributed by atoms with Crippen LogP contribution in [0.3, 0.4) is 0 Å². The van der Waals surface area contributed by atoms with E-state index in [4.69, 9.17) is 5.73 Å². The first kappa shape index (κ1) is 10.6. The van der Waals surface area contributed by atoms with Gasteiger partial charge in [0.25, 0.3) is 0 Å². The monoisotopic (exact) mass is 214 g/mol. The van der Waals surface area contributed by atoms with Crippen LogP contribution in [0.5, 0.6) is 0 Å². The molecule has 1 aromatic heterocycles. The number of pyridine rings is 1. The first-order valence-corrected chi connectivity index (χ1v) is 5.19. The van der Waals surface area contributed by atoms with Gasteiger partial charge in [0, 0.05) is 11.9 Å². The number of anilines is 1. The molecule has 3 heteroatoms. The lowest BCUT2D eigenvalue weighted by molar-refractivity contribution is 0.279. The van der Waals surface area contributed by atoms with Crippen molar-refractivity contribution in [3.05, 3.63) is 59.9 Å². The Morgan fingerprint density at radius 1 is 1.12 bits per heavy atom. The fraction of sp³-hybridized carbons (Fsp3) is 0.154. The van der Waals surface area contributed by atoms with Gasteiger partial charge in [-0.05, 0) is 23.8 Å². The number of aliphatic hydroxyl groups excluding tert-OH is 1. The van der Waals surface area contributed by atoms with E-state index in [0.717, 1.165) is 11.3 Å². The number of benzene rings is 1. The molecule has 0 aliphatic rings. The zero-order valence-corrected chi connectivity index (χ0v) is 8.88. The first-order chi connectivity index (χ1) is 7.83. The maximum atomic E-state index is 9.46. The van der Waals surface area contributed by atoms with Gasteiger partial charge in [-0.25, -0.2) is 0 Å². The van der Waals surface area contributed by atoms with E-state index in [2.05, 4.69) is 4.98 Å². The predicted octanol–water partition coefficient (Wildman–Crippen LogP) is 1.79. The van der Waals surface area contributed by atoms with Gasteiger partial charge in [-0.15, -0.1) is 0 Å². The second kappa shape index (κ2) is 4.77. The zero-order chi connectivity index (χ0) is 11.4. The second-order valence-electron chi connectivity index (χ2n) is 3.62. The van der Waals surface area contributed by atoms with E-state index in [-0.39, 0.29) is 12.5 Å². The molecule has 0 aliphatic carbocycles. The molecule has 0 fully saturated rings. The smallest absolute Gasteiger partial charge is 0.0556 e. The summed E-state index contributed by atoms with van der Waals surface area (Å²) in [4.78, 5) is 4.25. The van der Waals surface area contributed by atoms with Crippen LogP contribution in [0, 0.1) is 0 Å². The Kier molecular flexibility index (Phi) is 3.17. The third-order valence-corrected chi connectivity index (χ3v) is 2.60. The minimum atomic E-state index is -0.151. The zero-order valence-electron chi connectivity index (χ0n) is 8.88. The number of hydrogen-bond acceptors (Lipinski definition) is 3. The average molecular weight is 214 g/mol. The first-order valence-electron chi connectivity index (χ1n) is 5.19. The van der Waals surface area contributed by atoms with Crippen LogP contribution in [0.25, 0.3) is 0 Å². The number of aromatic nitrogens is 1. The Labute approximate surface area is 94.6 Å². The van der Waals surface area contributed by atoms with Gasteiger partial charge < -0.3 is 10.8 Å². The van der Waals surface area contributed by atoms with E-state index >= 15 is 0 Å². The highest BCUT2D eigenvalue weighted by molar-refractivity contribution is 5.50. The van der Waals surface area contributed by atoms with Gasteiger partial charge in [0.1, 0.15) is 0 Å². The molecule has 0 bridgehead atoms. The van der Waals surface area contributed by atoms with Gasteiger partial charge in [0.05, 0.1) is 18.2 Å². The lowest BCUT2D eigenvalue weighted by Gasteiger charge is -2.15. The van der Waals surface area contributed by atoms with Crippen LogP contribution < -0.4 is 5.73 Å². The van der Waals surface area contributed by atoms with Crippen molar-refractivity contribution in [2.75, 3.05) is 12.3 Å². The molecule has 3 nitrogen and oxygen atoms in total. The number of nitrogen functional groups attached to an aromatic ring is 1. The highest BCUT2D eigenvalue weighted by Gasteiger charge is 2.16. The van der Waals surface area contributed by atoms with Crippen molar-refractivity contribution in [1.29, 1.82) is 0 Å². The molecular formula is C13H14N2O. The Morgan fingerprint density at radius 3 is 2.50 bits per heavy atom. The van der Waals surface area contributed by atoms with Gasteiger partial charge in [0.15, 0.2) is 0 Å². The second-order valence-corrected chi connectivity index (χ2v) is 3.62. The van der Waals surface area contributed by atoms with Crippen LogP contribution in [0.4, 0.5) is 5.69 Å². The molecule has 2 aromatic rings. The van der Waals surface area contributed by atoms with Crippen molar-refractivity contribution in [2.45, 2.75) is 5.92 Å². The third kappa shape index (κ3) is 2.04. The standard InChI is InChI=1S/C13H14N2O/c14-12-6-2-1-5-10(12)11(9-16)13-7-3-4-8-15-13/h1-8,11,16H,9,14H2. The molecule has 82 valence electrons. The molecule has 0 radical (unpaired) electrons. The maximum Gasteiger partial charge on any atom is 0.0556 e. The highest BCUT2D eigenvalue weighted by atomic mass is 16.3. The van der Waals surface area contributed by atoms with Gasteiger partial charge >= 0.3 is 0 Å². The topological polar surface area (TPSA) is 59.1 Å². The molecule has 1 atom stereocenters. The Morgan fingerprint density at radius 2 is 1.88 bits per heavy atom. The normalized spacial score (nSPS) is 12.3. The molecule has 0 spiro atoms. The maximum absolute atomic E-state index is 9.46. The van der Waals surface area contributed by atoms with Crippen LogP contribution in [-0.2, 0) is 0 Å². The fourth-order valence-corrected chi connectivity index (χ4v) is 1.76. The van der Waals surface area contributed by atoms with Gasteiger partial charge in [0.2, 0.25) is 0 Å². The summed E-state index contributed by atoms with van der Waals surface area (Å²) in [6.45, 7) is 0.00519. The number of para-hydroxylation sites is 1. The number of hydrogen-bond donors (Lipinski definition) is 2. The van der Waals surface area contributed by atoms with Crippen LogP contribution in [0.1, 0.15) is 17.2 Å². The van der Waals surface area contributed by atoms with Crippen LogP contribution in [0.15, 0.2) is 48.7 Å². The number of nitrogens with two attached hydrogens (primary N) is 1. The lowest BCUT2D eigenvalue weighted by atomic mass is 9.94. The number of aliphatic hydroxyl groups is 1. The molecule has 0 aliphatic heterocycles. The fourth-order valence-electron chi connectivity index (χ4n) is 1.76. The van der Waals surface area contributed by atoms with E-state index in [9.17, 15) is 5.11 Å². The summed E-state index contributed by atoms with van der Waals surface area (Å²) in [5.74, 6) is -0.151. The van der Waals surface area contributed by atoms with Crippen molar-refractivity contribution in [1.82, 2.24) is 4.98 Å². The summed E-state index contributed by atoms with van der Waals surface area (Å²) in [6, 6.07) is 13.2. The summed E-state index contributed by atoms with van der Waals surface area (Å²) in [5.41, 5.74) is 8.34. The molecule has 1 unspecified atom stereocenters. The molecule has 0 saturated carbocycles. The molecule has 2 rings (SSSR count). The lowest BCUT2D eigenvalue weighted by Crippen LogP contribution is -2.10. The van der Waals surface area contributed by atoms with Crippen LogP contribution in [0.2, 0.25) is 0 Å². The minimum absolute atomic E-state index is 0.00519. The molecule has 0 amide bonds. The quantitative estimate of drug-likeness (QED) is 0.766. The van der Waals surface area contributed by atoms with E-state index < -0.39 is 0 Å². The Bertz CT molecular complexity index is 456. The predicted molar refractivity (Wildman–Crippen MR) is 64.0 cm³/mol. The third-order valence-electron chi connectivity index (χ3n) is 2.60. The minimum Gasteiger partial charge on any atom is -0.398 e. The molecular weight excluding hydrogens is 200 g/mol. The Balaban J connectivity index is 2.41. The van der Waals surface area contributed by atoms with Gasteiger partial charge in [-0.3, -0.25) is 4.98 Å². The van der Waals surface area contributed by atoms with Crippen LogP contribution >= 0.6 is 0 Å². The van der Waals surface area contributed by atoms with Gasteiger partial charge in [-0.1, -0.05) is 24.3 Å². The van der Waals surface area contributed by atoms with Crippen molar-refractivity contribution in [3.63, 3.8) is 0 Å². The molecule has 1 aromatic carbocycles. The summed E-state index contributed by atoms with van der Waals surface area (Å²) in [6.07, 6.45) is 1.72. The van der Waals surface area contributed by atoms with E-state index in [0.29, 0.717) is 5.69 Å². The van der Waals surface area contributed by atoms with Crippen molar-refractivity contribution in [3.8, 4) is 0 Å². The number of nitrogens with zero attached hydrogens (tertiary/aromatic N) is 1. The van der Waals surface area contributed by atoms with Crippen LogP contribution in [-0.4, -0.2) is 16.7 Å². The Hall–Kier alpha value is -1.87. The molecule has 1 heterocycles. The van der Waals surface area contributed by atoms with E-state index in [1.807, 2.05) is 42.5 Å². The van der Waals surface area contributed by atoms with Gasteiger partial charge in [-0.2, -0.15) is 0 Å². The molecule has 0 saturated heterocycles. The SMILES string of the molecule is Nc1ccccc1C(CO)c1ccccn1. The summed E-state index contributed by atoms with van der Waals surface area (Å²) in [7, 11) is 0. The van der Waals surface area contributed by atoms with Crippen molar-refractivity contribution < 1.29 is 5.11 Å². The highest BCUT2D eigenvalue weighted by Crippen LogP contribution is 2.26. The van der Waals surface area contributed by atoms with E-state index in [1.54, 1.807) is 6.20 Å². The average Bonchev–Trinajstić information content (AvgIpc) is 2.34. The number of rotatable bonds is 3.